The first-order valence-corrected chi connectivity index (χ1v) is 16.5. The second kappa shape index (κ2) is 14.5. The highest BCUT2D eigenvalue weighted by atomic mass is 33.3. The lowest BCUT2D eigenvalue weighted by Crippen LogP contribution is -2.49. The van der Waals surface area contributed by atoms with Gasteiger partial charge in [0.1, 0.15) is 24.4 Å². The number of fused-ring (bicyclic) bond motifs is 1. The molecule has 3 amide bonds. The molecule has 0 aliphatic carbocycles. The van der Waals surface area contributed by atoms with E-state index in [1.165, 1.54) is 4.57 Å². The van der Waals surface area contributed by atoms with E-state index in [1.54, 1.807) is 0 Å². The van der Waals surface area contributed by atoms with Gasteiger partial charge >= 0.3 is 18.8 Å². The summed E-state index contributed by atoms with van der Waals surface area (Å²) in [5.74, 6) is -2.76. The molecular formula is C19H30N9O11PS2. The van der Waals surface area contributed by atoms with E-state index in [2.05, 4.69) is 25.6 Å². The number of aromatic nitrogens is 4. The van der Waals surface area contributed by atoms with Crippen molar-refractivity contribution < 1.29 is 48.4 Å². The zero-order chi connectivity index (χ0) is 31.2. The Labute approximate surface area is 243 Å². The third-order valence-corrected chi connectivity index (χ3v) is 11.3. The van der Waals surface area contributed by atoms with Crippen molar-refractivity contribution in [3.05, 3.63) is 16.7 Å². The minimum absolute atomic E-state index is 0.0324. The largest absolute Gasteiger partial charge is 0.480 e. The molecule has 0 saturated carbocycles. The number of carbonyl (C=O) groups excluding carboxylic acids is 2. The number of carboxylic acids is 1. The topological polar surface area (TPSA) is 333 Å². The van der Waals surface area contributed by atoms with Gasteiger partial charge in [-0.15, -0.1) is 0 Å². The van der Waals surface area contributed by atoms with Gasteiger partial charge < -0.3 is 52.8 Å². The molecule has 42 heavy (non-hydrogen) atoms. The van der Waals surface area contributed by atoms with Crippen molar-refractivity contribution in [3.63, 3.8) is 0 Å². The lowest BCUT2D eigenvalue weighted by molar-refractivity contribution is -0.141. The molecule has 23 heteroatoms. The maximum atomic E-state index is 12.5. The van der Waals surface area contributed by atoms with Gasteiger partial charge in [-0.1, -0.05) is 10.8 Å². The number of carbonyl (C=O) groups is 3. The number of amides is 3. The molecule has 234 valence electrons. The van der Waals surface area contributed by atoms with Gasteiger partial charge in [0.05, 0.1) is 19.0 Å². The highest BCUT2D eigenvalue weighted by Crippen LogP contribution is 2.61. The van der Waals surface area contributed by atoms with Crippen molar-refractivity contribution in [2.45, 2.75) is 49.5 Å². The van der Waals surface area contributed by atoms with Crippen LogP contribution in [-0.4, -0.2) is 107 Å². The number of nitrogens with zero attached hydrogens (tertiary/aromatic N) is 3. The van der Waals surface area contributed by atoms with Gasteiger partial charge in [0, 0.05) is 22.7 Å². The van der Waals surface area contributed by atoms with Crippen molar-refractivity contribution in [2.24, 2.45) is 11.5 Å². The van der Waals surface area contributed by atoms with Gasteiger partial charge in [-0.3, -0.25) is 23.7 Å². The van der Waals surface area contributed by atoms with Crippen LogP contribution in [0.4, 0.5) is 10.7 Å². The van der Waals surface area contributed by atoms with E-state index in [4.69, 9.17) is 26.5 Å². The van der Waals surface area contributed by atoms with Crippen molar-refractivity contribution >= 4 is 63.0 Å². The van der Waals surface area contributed by atoms with Crippen LogP contribution in [0.3, 0.4) is 0 Å². The number of aliphatic hydroxyl groups excluding tert-OH is 2. The molecule has 1 aliphatic rings. The van der Waals surface area contributed by atoms with E-state index in [0.717, 1.165) is 6.33 Å². The fourth-order valence-electron chi connectivity index (χ4n) is 3.70. The van der Waals surface area contributed by atoms with Crippen LogP contribution in [-0.2, 0) is 23.4 Å². The fourth-order valence-corrected chi connectivity index (χ4v) is 8.07. The summed E-state index contributed by atoms with van der Waals surface area (Å²) in [5.41, 5.74) is 15.5. The van der Waals surface area contributed by atoms with E-state index in [1.807, 2.05) is 0 Å². The average molecular weight is 656 g/mol. The third kappa shape index (κ3) is 8.78. The number of rotatable bonds is 15. The molecule has 2 aromatic rings. The summed E-state index contributed by atoms with van der Waals surface area (Å²) in [6.45, 7) is -4.93. The van der Waals surface area contributed by atoms with Crippen LogP contribution < -0.4 is 33.4 Å². The van der Waals surface area contributed by atoms with Crippen LogP contribution in [0.2, 0.25) is 0 Å². The molecule has 0 aromatic carbocycles. The molecule has 13 N–H and O–H groups in total. The minimum Gasteiger partial charge on any atom is -0.480 e. The number of aliphatic hydroxyl groups is 2. The van der Waals surface area contributed by atoms with Crippen LogP contribution in [0, 0.1) is 0 Å². The summed E-state index contributed by atoms with van der Waals surface area (Å²) in [6.07, 6.45) is -4.14. The molecule has 3 rings (SSSR count). The van der Waals surface area contributed by atoms with Gasteiger partial charge in [0.2, 0.25) is 11.9 Å². The first-order chi connectivity index (χ1) is 19.7. The van der Waals surface area contributed by atoms with E-state index < -0.39 is 73.5 Å². The second-order valence-electron chi connectivity index (χ2n) is 8.88. The molecule has 0 bridgehead atoms. The summed E-state index contributed by atoms with van der Waals surface area (Å²) in [6, 6.07) is -3.27. The molecule has 0 radical (unpaired) electrons. The molecule has 1 saturated heterocycles. The zero-order valence-corrected chi connectivity index (χ0v) is 24.1. The van der Waals surface area contributed by atoms with E-state index in [0.29, 0.717) is 27.6 Å². The quantitative estimate of drug-likeness (QED) is 0.0524. The Morgan fingerprint density at radius 1 is 1.31 bits per heavy atom. The number of hydrogen-bond acceptors (Lipinski definition) is 15. The van der Waals surface area contributed by atoms with E-state index in [9.17, 15) is 44.0 Å². The van der Waals surface area contributed by atoms with Crippen LogP contribution in [0.25, 0.3) is 11.2 Å². The number of anilines is 1. The Hall–Kier alpha value is -2.95. The number of imidazole rings is 1. The maximum Gasteiger partial charge on any atom is 0.397 e. The molecule has 2 aromatic heterocycles. The van der Waals surface area contributed by atoms with Gasteiger partial charge in [-0.25, -0.2) is 19.1 Å². The molecule has 1 aliphatic heterocycles. The molecule has 20 nitrogen and oxygen atoms in total. The second-order valence-corrected chi connectivity index (χ2v) is 14.7. The Bertz CT molecular complexity index is 1390. The Morgan fingerprint density at radius 3 is 2.69 bits per heavy atom. The third-order valence-electron chi connectivity index (χ3n) is 5.79. The number of primary amides is 1. The summed E-state index contributed by atoms with van der Waals surface area (Å²) in [7, 11) is 0.924. The smallest absolute Gasteiger partial charge is 0.397 e. The highest BCUT2D eigenvalue weighted by molar-refractivity contribution is 8.98. The summed E-state index contributed by atoms with van der Waals surface area (Å²) >= 11 is 0. The summed E-state index contributed by atoms with van der Waals surface area (Å²) in [5, 5.41) is 34.9. The summed E-state index contributed by atoms with van der Waals surface area (Å²) in [4.78, 5) is 66.7. The predicted octanol–water partition coefficient (Wildman–Crippen LogP) is -2.84. The van der Waals surface area contributed by atoms with E-state index >= 15 is 0 Å². The SMILES string of the molecule is NC(=O)NCCCC(N)C(=O)N[C@H](CSSP(=O)(O)OC[C@H]1O[C@@H](n2cnc3c(=O)[nH]c(N)nc32)[C@H](O)[C@@H]1O)C(=O)O. The number of aromatic amines is 1. The molecule has 0 spiro atoms. The predicted molar refractivity (Wildman–Crippen MR) is 149 cm³/mol. The van der Waals surface area contributed by atoms with Crippen LogP contribution in [0.1, 0.15) is 19.1 Å². The number of aliphatic carboxylic acids is 1. The van der Waals surface area contributed by atoms with Crippen LogP contribution >= 0.6 is 28.0 Å². The molecule has 2 unspecified atom stereocenters. The number of ether oxygens (including phenoxy) is 1. The van der Waals surface area contributed by atoms with Gasteiger partial charge in [0.25, 0.3) is 5.56 Å². The number of nitrogens with two attached hydrogens (primary N) is 3. The van der Waals surface area contributed by atoms with Crippen molar-refractivity contribution in [2.75, 3.05) is 24.6 Å². The highest BCUT2D eigenvalue weighted by Gasteiger charge is 2.45. The average Bonchev–Trinajstić information content (AvgIpc) is 3.44. The number of hydrogen-bond donors (Lipinski definition) is 10. The van der Waals surface area contributed by atoms with Crippen molar-refractivity contribution in [3.8, 4) is 0 Å². The van der Waals surface area contributed by atoms with Crippen molar-refractivity contribution in [1.82, 2.24) is 30.2 Å². The fraction of sp³-hybridized carbons (Fsp3) is 0.579. The molecule has 3 heterocycles. The lowest BCUT2D eigenvalue weighted by Gasteiger charge is -2.19. The van der Waals surface area contributed by atoms with Crippen molar-refractivity contribution in [1.29, 1.82) is 0 Å². The van der Waals surface area contributed by atoms with E-state index in [-0.39, 0.29) is 35.8 Å². The number of H-pyrrole nitrogens is 1. The van der Waals surface area contributed by atoms with Gasteiger partial charge in [-0.05, 0) is 12.8 Å². The van der Waals surface area contributed by atoms with Gasteiger partial charge in [-0.2, -0.15) is 4.98 Å². The lowest BCUT2D eigenvalue weighted by atomic mass is 10.1. The normalized spacial score (nSPS) is 23.2. The number of carboxylic acid groups (broad SMARTS) is 1. The van der Waals surface area contributed by atoms with Crippen LogP contribution in [0.15, 0.2) is 11.1 Å². The maximum absolute atomic E-state index is 12.5. The standard InChI is InChI=1S/C19H30N9O11PS2/c20-7(2-1-3-23-19(22)35)14(31)25-8(17(33)34)5-41-42-40(36,37)38-4-9-11(29)12(30)16(39-9)28-6-24-10-13(28)26-18(21)27-15(10)32/h6-9,11-12,16,29-30H,1-5,20H2,(H,25,31)(H,33,34)(H,36,37)(H3,22,23,35)(H3,21,26,27,32)/t7?,8-,9-,11-,12-,16-/m1/s1. The molecule has 1 fully saturated rings. The number of urea groups is 1. The van der Waals surface area contributed by atoms with Crippen LogP contribution in [0.5, 0.6) is 0 Å². The summed E-state index contributed by atoms with van der Waals surface area (Å²) < 4.78 is 24.3. The Kier molecular flexibility index (Phi) is 11.6. The first kappa shape index (κ1) is 33.6. The molecular weight excluding hydrogens is 625 g/mol. The van der Waals surface area contributed by atoms with Gasteiger partial charge in [0.15, 0.2) is 17.4 Å². The minimum atomic E-state index is -4.45. The number of nitrogen functional groups attached to an aromatic ring is 1. The Balaban J connectivity index is 1.49. The number of nitrogens with one attached hydrogen (secondary N) is 3. The first-order valence-electron chi connectivity index (χ1n) is 12.0. The Morgan fingerprint density at radius 2 is 2.02 bits per heavy atom. The monoisotopic (exact) mass is 655 g/mol. The zero-order valence-electron chi connectivity index (χ0n) is 21.6. The molecule has 7 atom stereocenters.